The zero-order valence-electron chi connectivity index (χ0n) is 11.1. The molecule has 0 aliphatic heterocycles. The van der Waals surface area contributed by atoms with Crippen LogP contribution in [-0.2, 0) is 4.79 Å². The highest BCUT2D eigenvalue weighted by Crippen LogP contribution is 2.19. The van der Waals surface area contributed by atoms with Crippen molar-refractivity contribution in [2.75, 3.05) is 13.1 Å². The lowest BCUT2D eigenvalue weighted by Gasteiger charge is -2.02. The summed E-state index contributed by atoms with van der Waals surface area (Å²) in [5, 5.41) is 8.76. The number of likely N-dealkylation sites (N-methyl/N-ethyl adjacent to an activating group) is 1. The Morgan fingerprint density at radius 2 is 1.95 bits per heavy atom. The van der Waals surface area contributed by atoms with E-state index in [1.807, 2.05) is 37.3 Å². The van der Waals surface area contributed by atoms with Crippen LogP contribution in [0.2, 0.25) is 0 Å². The summed E-state index contributed by atoms with van der Waals surface area (Å²) >= 11 is 0. The van der Waals surface area contributed by atoms with Gasteiger partial charge in [-0.2, -0.15) is 0 Å². The Balaban J connectivity index is 1.98. The second-order valence-corrected chi connectivity index (χ2v) is 4.08. The Morgan fingerprint density at radius 3 is 2.65 bits per heavy atom. The molecule has 2 amide bonds. The van der Waals surface area contributed by atoms with Gasteiger partial charge in [-0.25, -0.2) is 0 Å². The first-order valence-electron chi connectivity index (χ1n) is 6.27. The predicted octanol–water partition coefficient (Wildman–Crippen LogP) is 1.21. The number of amides is 2. The van der Waals surface area contributed by atoms with Crippen LogP contribution in [0.25, 0.3) is 11.3 Å². The first kappa shape index (κ1) is 13.8. The second-order valence-electron chi connectivity index (χ2n) is 4.08. The molecule has 1 aromatic heterocycles. The minimum absolute atomic E-state index is 0.0831. The van der Waals surface area contributed by atoms with Gasteiger partial charge in [0.15, 0.2) is 11.5 Å². The number of carbonyl (C=O) groups is 2. The van der Waals surface area contributed by atoms with Gasteiger partial charge in [0.2, 0.25) is 5.91 Å². The summed E-state index contributed by atoms with van der Waals surface area (Å²) < 4.78 is 5.11. The van der Waals surface area contributed by atoms with Crippen molar-refractivity contribution < 1.29 is 14.1 Å². The molecule has 0 saturated carbocycles. The molecule has 2 rings (SSSR count). The molecule has 0 radical (unpaired) electrons. The quantitative estimate of drug-likeness (QED) is 0.857. The summed E-state index contributed by atoms with van der Waals surface area (Å²) in [6, 6.07) is 10.9. The molecule has 0 unspecified atom stereocenters. The Kier molecular flexibility index (Phi) is 4.49. The highest BCUT2D eigenvalue weighted by atomic mass is 16.5. The third-order valence-electron chi connectivity index (χ3n) is 2.58. The fourth-order valence-electron chi connectivity index (χ4n) is 1.63. The third kappa shape index (κ3) is 3.44. The molecule has 0 spiro atoms. The van der Waals surface area contributed by atoms with Crippen molar-refractivity contribution in [1.82, 2.24) is 15.8 Å². The fraction of sp³-hybridized carbons (Fsp3) is 0.214. The molecule has 20 heavy (non-hydrogen) atoms. The van der Waals surface area contributed by atoms with Gasteiger partial charge in [0.1, 0.15) is 0 Å². The van der Waals surface area contributed by atoms with Gasteiger partial charge in [0.25, 0.3) is 5.91 Å². The zero-order chi connectivity index (χ0) is 14.4. The number of hydrogen-bond donors (Lipinski definition) is 2. The number of carbonyl (C=O) groups excluding carboxylic acids is 2. The van der Waals surface area contributed by atoms with Crippen molar-refractivity contribution in [3.63, 3.8) is 0 Å². The molecular weight excluding hydrogens is 258 g/mol. The maximum atomic E-state index is 11.8. The molecule has 0 aliphatic carbocycles. The molecule has 6 nitrogen and oxygen atoms in total. The van der Waals surface area contributed by atoms with Crippen molar-refractivity contribution in [3.05, 3.63) is 42.1 Å². The summed E-state index contributed by atoms with van der Waals surface area (Å²) in [5.41, 5.74) is 0.982. The zero-order valence-corrected chi connectivity index (χ0v) is 11.1. The predicted molar refractivity (Wildman–Crippen MR) is 73.0 cm³/mol. The third-order valence-corrected chi connectivity index (χ3v) is 2.58. The Bertz CT molecular complexity index is 593. The number of hydrogen-bond acceptors (Lipinski definition) is 4. The van der Waals surface area contributed by atoms with Crippen molar-refractivity contribution in [1.29, 1.82) is 0 Å². The van der Waals surface area contributed by atoms with E-state index in [9.17, 15) is 9.59 Å². The Hall–Kier alpha value is -2.63. The minimum Gasteiger partial charge on any atom is -0.355 e. The van der Waals surface area contributed by atoms with Crippen LogP contribution in [0.1, 0.15) is 17.4 Å². The van der Waals surface area contributed by atoms with Crippen molar-refractivity contribution >= 4 is 11.8 Å². The van der Waals surface area contributed by atoms with E-state index in [-0.39, 0.29) is 18.1 Å². The molecule has 1 aromatic carbocycles. The van der Waals surface area contributed by atoms with E-state index in [1.54, 1.807) is 6.07 Å². The smallest absolute Gasteiger partial charge is 0.273 e. The van der Waals surface area contributed by atoms with E-state index in [1.165, 1.54) is 0 Å². The maximum absolute atomic E-state index is 11.8. The highest BCUT2D eigenvalue weighted by Gasteiger charge is 2.14. The monoisotopic (exact) mass is 273 g/mol. The molecule has 1 heterocycles. The lowest BCUT2D eigenvalue weighted by Crippen LogP contribution is -2.36. The molecular formula is C14H15N3O3. The molecule has 2 N–H and O–H groups in total. The Morgan fingerprint density at radius 1 is 1.20 bits per heavy atom. The lowest BCUT2D eigenvalue weighted by molar-refractivity contribution is -0.120. The minimum atomic E-state index is -0.442. The summed E-state index contributed by atoms with van der Waals surface area (Å²) in [6.07, 6.45) is 0. The van der Waals surface area contributed by atoms with Gasteiger partial charge >= 0.3 is 0 Å². The number of nitrogens with one attached hydrogen (secondary N) is 2. The van der Waals surface area contributed by atoms with Crippen molar-refractivity contribution in [2.45, 2.75) is 6.92 Å². The van der Waals surface area contributed by atoms with Crippen molar-refractivity contribution in [2.24, 2.45) is 0 Å². The van der Waals surface area contributed by atoms with Crippen LogP contribution < -0.4 is 10.6 Å². The summed E-state index contributed by atoms with van der Waals surface area (Å²) in [4.78, 5) is 23.0. The van der Waals surface area contributed by atoms with E-state index >= 15 is 0 Å². The van der Waals surface area contributed by atoms with Gasteiger partial charge in [-0.1, -0.05) is 35.5 Å². The van der Waals surface area contributed by atoms with Crippen LogP contribution in [0.4, 0.5) is 0 Å². The average molecular weight is 273 g/mol. The first-order valence-corrected chi connectivity index (χ1v) is 6.27. The topological polar surface area (TPSA) is 84.2 Å². The number of rotatable bonds is 5. The molecule has 2 aromatic rings. The van der Waals surface area contributed by atoms with E-state index in [0.717, 1.165) is 5.56 Å². The van der Waals surface area contributed by atoms with E-state index in [2.05, 4.69) is 15.8 Å². The van der Waals surface area contributed by atoms with Gasteiger partial charge in [-0.15, -0.1) is 0 Å². The number of aromatic nitrogens is 1. The van der Waals surface area contributed by atoms with Crippen LogP contribution in [0.3, 0.4) is 0 Å². The van der Waals surface area contributed by atoms with E-state index < -0.39 is 5.91 Å². The second kappa shape index (κ2) is 6.51. The summed E-state index contributed by atoms with van der Waals surface area (Å²) in [7, 11) is 0. The first-order chi connectivity index (χ1) is 9.70. The standard InChI is InChI=1S/C14H15N3O3/c1-2-15-13(18)9-16-14(19)11-8-12(20-17-11)10-6-4-3-5-7-10/h3-8H,2,9H2,1H3,(H,15,18)(H,16,19). The van der Waals surface area contributed by atoms with Gasteiger partial charge in [0, 0.05) is 18.2 Å². The van der Waals surface area contributed by atoms with E-state index in [0.29, 0.717) is 12.3 Å². The molecule has 0 atom stereocenters. The van der Waals surface area contributed by atoms with Gasteiger partial charge in [-0.05, 0) is 6.92 Å². The van der Waals surface area contributed by atoms with Crippen LogP contribution >= 0.6 is 0 Å². The van der Waals surface area contributed by atoms with Crippen LogP contribution in [0, 0.1) is 0 Å². The number of benzene rings is 1. The molecule has 6 heteroatoms. The molecule has 0 fully saturated rings. The summed E-state index contributed by atoms with van der Waals surface area (Å²) in [6.45, 7) is 2.25. The summed E-state index contributed by atoms with van der Waals surface area (Å²) in [5.74, 6) is -0.177. The maximum Gasteiger partial charge on any atom is 0.273 e. The average Bonchev–Trinajstić information content (AvgIpc) is 2.96. The van der Waals surface area contributed by atoms with Crippen LogP contribution in [-0.4, -0.2) is 30.1 Å². The van der Waals surface area contributed by atoms with E-state index in [4.69, 9.17) is 4.52 Å². The van der Waals surface area contributed by atoms with Crippen molar-refractivity contribution in [3.8, 4) is 11.3 Å². The van der Waals surface area contributed by atoms with Gasteiger partial charge in [-0.3, -0.25) is 9.59 Å². The molecule has 0 bridgehead atoms. The normalized spacial score (nSPS) is 10.1. The Labute approximate surface area is 116 Å². The number of nitrogens with zero attached hydrogens (tertiary/aromatic N) is 1. The fourth-order valence-corrected chi connectivity index (χ4v) is 1.63. The molecule has 104 valence electrons. The lowest BCUT2D eigenvalue weighted by atomic mass is 10.1. The van der Waals surface area contributed by atoms with Crippen LogP contribution in [0.15, 0.2) is 40.9 Å². The molecule has 0 aliphatic rings. The highest BCUT2D eigenvalue weighted by molar-refractivity contribution is 5.95. The largest absolute Gasteiger partial charge is 0.355 e. The molecule has 0 saturated heterocycles. The van der Waals surface area contributed by atoms with Gasteiger partial charge < -0.3 is 15.2 Å². The SMILES string of the molecule is CCNC(=O)CNC(=O)c1cc(-c2ccccc2)on1. The van der Waals surface area contributed by atoms with Gasteiger partial charge in [0.05, 0.1) is 6.54 Å². The van der Waals surface area contributed by atoms with Crippen LogP contribution in [0.5, 0.6) is 0 Å².